The van der Waals surface area contributed by atoms with Crippen molar-refractivity contribution in [2.75, 3.05) is 13.1 Å². The topological polar surface area (TPSA) is 66.1 Å². The van der Waals surface area contributed by atoms with Crippen LogP contribution in [0, 0.1) is 13.8 Å². The number of carbonyl (C=O) groups is 1. The van der Waals surface area contributed by atoms with Crippen molar-refractivity contribution in [1.29, 1.82) is 0 Å². The molecular weight excluding hydrogens is 298 g/mol. The number of nitrogens with one attached hydrogen (secondary N) is 1. The highest BCUT2D eigenvalue weighted by molar-refractivity contribution is 7.11. The lowest BCUT2D eigenvalue weighted by molar-refractivity contribution is 0.0705. The van der Waals surface area contributed by atoms with Gasteiger partial charge < -0.3 is 9.88 Å². The number of likely N-dealkylation sites (tertiary alicyclic amines) is 1. The number of hydrogen-bond donors (Lipinski definition) is 1. The summed E-state index contributed by atoms with van der Waals surface area (Å²) in [6.45, 7) is 5.18. The lowest BCUT2D eigenvalue weighted by Crippen LogP contribution is -2.41. The minimum Gasteiger partial charge on any atom is -0.338 e. The van der Waals surface area contributed by atoms with E-state index in [-0.39, 0.29) is 22.9 Å². The number of rotatable bonds is 2. The molecule has 1 atom stereocenters. The van der Waals surface area contributed by atoms with Gasteiger partial charge in [-0.25, -0.2) is 4.98 Å². The van der Waals surface area contributed by atoms with E-state index in [1.54, 1.807) is 35.3 Å². The Bertz CT molecular complexity index is 750. The molecule has 1 aliphatic heterocycles. The zero-order chi connectivity index (χ0) is 15.7. The van der Waals surface area contributed by atoms with Crippen LogP contribution in [-0.4, -0.2) is 33.9 Å². The van der Waals surface area contributed by atoms with Gasteiger partial charge in [-0.15, -0.1) is 11.3 Å². The molecule has 0 spiro atoms. The van der Waals surface area contributed by atoms with Gasteiger partial charge in [0.1, 0.15) is 5.56 Å². The zero-order valence-corrected chi connectivity index (χ0v) is 13.6. The van der Waals surface area contributed by atoms with Crippen molar-refractivity contribution in [3.63, 3.8) is 0 Å². The third-order valence-electron chi connectivity index (χ3n) is 3.98. The number of aromatic nitrogens is 2. The van der Waals surface area contributed by atoms with Crippen molar-refractivity contribution in [3.05, 3.63) is 49.8 Å². The van der Waals surface area contributed by atoms with Gasteiger partial charge in [-0.1, -0.05) is 0 Å². The molecule has 2 aromatic rings. The molecule has 0 aliphatic carbocycles. The van der Waals surface area contributed by atoms with Gasteiger partial charge in [0.25, 0.3) is 11.5 Å². The first-order valence-electron chi connectivity index (χ1n) is 7.46. The van der Waals surface area contributed by atoms with Crippen LogP contribution < -0.4 is 5.56 Å². The van der Waals surface area contributed by atoms with E-state index in [1.807, 2.05) is 13.1 Å². The number of hydrogen-bond acceptors (Lipinski definition) is 4. The first-order valence-corrected chi connectivity index (χ1v) is 8.28. The van der Waals surface area contributed by atoms with Gasteiger partial charge in [-0.2, -0.15) is 0 Å². The summed E-state index contributed by atoms with van der Waals surface area (Å²) in [5.41, 5.74) is 0.676. The van der Waals surface area contributed by atoms with Gasteiger partial charge in [0.05, 0.1) is 5.01 Å². The molecule has 0 saturated carbocycles. The van der Waals surface area contributed by atoms with E-state index in [1.165, 1.54) is 4.88 Å². The second-order valence-corrected chi connectivity index (χ2v) is 7.05. The van der Waals surface area contributed by atoms with E-state index in [4.69, 9.17) is 0 Å². The SMILES string of the molecule is Cc1ccc(C(=O)N2CCC[C@@H](c3ncc(C)s3)C2)c(=O)[nH]1. The molecule has 1 aliphatic rings. The van der Waals surface area contributed by atoms with Crippen molar-refractivity contribution < 1.29 is 4.79 Å². The fraction of sp³-hybridized carbons (Fsp3) is 0.438. The Morgan fingerprint density at radius 1 is 1.41 bits per heavy atom. The number of thiazole rings is 1. The Kier molecular flexibility index (Phi) is 4.11. The Balaban J connectivity index is 1.79. The third kappa shape index (κ3) is 2.97. The lowest BCUT2D eigenvalue weighted by atomic mass is 9.98. The molecule has 3 rings (SSSR count). The summed E-state index contributed by atoms with van der Waals surface area (Å²) in [6.07, 6.45) is 3.87. The van der Waals surface area contributed by atoms with Crippen LogP contribution >= 0.6 is 11.3 Å². The molecule has 116 valence electrons. The van der Waals surface area contributed by atoms with E-state index in [2.05, 4.69) is 9.97 Å². The number of H-pyrrole nitrogens is 1. The molecule has 22 heavy (non-hydrogen) atoms. The molecule has 1 fully saturated rings. The van der Waals surface area contributed by atoms with Crippen LogP contribution in [0.2, 0.25) is 0 Å². The fourth-order valence-corrected chi connectivity index (χ4v) is 3.73. The maximum absolute atomic E-state index is 12.6. The molecule has 0 unspecified atom stereocenters. The van der Waals surface area contributed by atoms with Crippen LogP contribution in [0.3, 0.4) is 0 Å². The third-order valence-corrected chi connectivity index (χ3v) is 5.06. The van der Waals surface area contributed by atoms with E-state index in [0.29, 0.717) is 13.1 Å². The average molecular weight is 317 g/mol. The number of aromatic amines is 1. The number of carbonyl (C=O) groups excluding carboxylic acids is 1. The maximum atomic E-state index is 12.6. The summed E-state index contributed by atoms with van der Waals surface area (Å²) < 4.78 is 0. The van der Waals surface area contributed by atoms with Crippen LogP contribution in [0.1, 0.15) is 44.7 Å². The fourth-order valence-electron chi connectivity index (χ4n) is 2.83. The highest BCUT2D eigenvalue weighted by atomic mass is 32.1. The monoisotopic (exact) mass is 317 g/mol. The normalized spacial score (nSPS) is 18.5. The molecule has 3 heterocycles. The van der Waals surface area contributed by atoms with E-state index < -0.39 is 0 Å². The van der Waals surface area contributed by atoms with Gasteiger partial charge in [-0.05, 0) is 38.8 Å². The van der Waals surface area contributed by atoms with Gasteiger partial charge in [0, 0.05) is 35.8 Å². The Morgan fingerprint density at radius 2 is 2.23 bits per heavy atom. The molecular formula is C16H19N3O2S. The summed E-state index contributed by atoms with van der Waals surface area (Å²) in [4.78, 5) is 34.7. The van der Waals surface area contributed by atoms with Gasteiger partial charge in [0.15, 0.2) is 0 Å². The molecule has 0 radical (unpaired) electrons. The zero-order valence-electron chi connectivity index (χ0n) is 12.8. The van der Waals surface area contributed by atoms with E-state index in [9.17, 15) is 9.59 Å². The second-order valence-electron chi connectivity index (χ2n) is 5.78. The van der Waals surface area contributed by atoms with Gasteiger partial charge in [0.2, 0.25) is 0 Å². The maximum Gasteiger partial charge on any atom is 0.260 e. The van der Waals surface area contributed by atoms with Crippen molar-refractivity contribution in [1.82, 2.24) is 14.9 Å². The number of pyridine rings is 1. The molecule has 1 N–H and O–H groups in total. The summed E-state index contributed by atoms with van der Waals surface area (Å²) in [6, 6.07) is 3.38. The average Bonchev–Trinajstić information content (AvgIpc) is 2.93. The molecule has 6 heteroatoms. The number of nitrogens with zero attached hydrogens (tertiary/aromatic N) is 2. The Labute approximate surface area is 133 Å². The Hall–Kier alpha value is -1.95. The minimum atomic E-state index is -0.308. The highest BCUT2D eigenvalue weighted by Gasteiger charge is 2.28. The molecule has 0 aromatic carbocycles. The van der Waals surface area contributed by atoms with Crippen molar-refractivity contribution >= 4 is 17.2 Å². The summed E-state index contributed by atoms with van der Waals surface area (Å²) in [5, 5.41) is 1.09. The Morgan fingerprint density at radius 3 is 2.91 bits per heavy atom. The van der Waals surface area contributed by atoms with Gasteiger partial charge in [-0.3, -0.25) is 9.59 Å². The van der Waals surface area contributed by atoms with Crippen LogP contribution in [0.25, 0.3) is 0 Å². The predicted molar refractivity (Wildman–Crippen MR) is 86.5 cm³/mol. The molecule has 0 bridgehead atoms. The summed E-state index contributed by atoms with van der Waals surface area (Å²) >= 11 is 1.69. The quantitative estimate of drug-likeness (QED) is 0.925. The van der Waals surface area contributed by atoms with Crippen molar-refractivity contribution in [2.45, 2.75) is 32.6 Å². The molecule has 5 nitrogen and oxygen atoms in total. The van der Waals surface area contributed by atoms with E-state index >= 15 is 0 Å². The van der Waals surface area contributed by atoms with Crippen molar-refractivity contribution in [3.8, 4) is 0 Å². The first kappa shape index (κ1) is 15.0. The van der Waals surface area contributed by atoms with Crippen LogP contribution in [0.15, 0.2) is 23.1 Å². The van der Waals surface area contributed by atoms with Gasteiger partial charge >= 0.3 is 0 Å². The number of amides is 1. The first-order chi connectivity index (χ1) is 10.5. The molecule has 1 saturated heterocycles. The van der Waals surface area contributed by atoms with Crippen LogP contribution in [0.4, 0.5) is 0 Å². The predicted octanol–water partition coefficient (Wildman–Crippen LogP) is 2.47. The summed E-state index contributed by atoms with van der Waals surface area (Å²) in [5.74, 6) is 0.0974. The standard InChI is InChI=1S/C16H19N3O2S/c1-10-5-6-13(14(20)18-10)16(21)19-7-3-4-12(9-19)15-17-8-11(2)22-15/h5-6,8,12H,3-4,7,9H2,1-2H3,(H,18,20)/t12-/m1/s1. The molecule has 2 aromatic heterocycles. The largest absolute Gasteiger partial charge is 0.338 e. The lowest BCUT2D eigenvalue weighted by Gasteiger charge is -2.31. The highest BCUT2D eigenvalue weighted by Crippen LogP contribution is 2.30. The molecule has 1 amide bonds. The number of aryl methyl sites for hydroxylation is 2. The smallest absolute Gasteiger partial charge is 0.260 e. The minimum absolute atomic E-state index is 0.181. The van der Waals surface area contributed by atoms with E-state index in [0.717, 1.165) is 23.5 Å². The van der Waals surface area contributed by atoms with Crippen molar-refractivity contribution in [2.24, 2.45) is 0 Å². The van der Waals surface area contributed by atoms with Crippen LogP contribution in [-0.2, 0) is 0 Å². The van der Waals surface area contributed by atoms with Crippen LogP contribution in [0.5, 0.6) is 0 Å². The summed E-state index contributed by atoms with van der Waals surface area (Å²) in [7, 11) is 0. The second kappa shape index (κ2) is 6.04. The number of piperidine rings is 1.